The second-order valence-corrected chi connectivity index (χ2v) is 10.4. The SMILES string of the molecule is CCOC(C)c1c(Oc2cccc(CC(C)C)c2CC(C)C)ccc(C)c1C.NCc1ccccc1. The van der Waals surface area contributed by atoms with Gasteiger partial charge in [-0.2, -0.15) is 0 Å². The quantitative estimate of drug-likeness (QED) is 0.310. The van der Waals surface area contributed by atoms with Gasteiger partial charge in [0.05, 0.1) is 6.10 Å². The number of benzene rings is 3. The summed E-state index contributed by atoms with van der Waals surface area (Å²) in [6.45, 7) is 18.9. The minimum Gasteiger partial charge on any atom is -0.457 e. The molecule has 0 radical (unpaired) electrons. The Balaban J connectivity index is 0.000000482. The van der Waals surface area contributed by atoms with Crippen molar-refractivity contribution in [2.75, 3.05) is 6.61 Å². The van der Waals surface area contributed by atoms with Crippen LogP contribution in [0.4, 0.5) is 0 Å². The van der Waals surface area contributed by atoms with Crippen molar-refractivity contribution in [3.63, 3.8) is 0 Å². The lowest BCUT2D eigenvalue weighted by atomic mass is 9.92. The van der Waals surface area contributed by atoms with Crippen LogP contribution in [0.2, 0.25) is 0 Å². The Labute approximate surface area is 220 Å². The summed E-state index contributed by atoms with van der Waals surface area (Å²) in [4.78, 5) is 0. The van der Waals surface area contributed by atoms with Crippen molar-refractivity contribution >= 4 is 0 Å². The van der Waals surface area contributed by atoms with Crippen LogP contribution >= 0.6 is 0 Å². The van der Waals surface area contributed by atoms with E-state index in [1.54, 1.807) is 0 Å². The highest BCUT2D eigenvalue weighted by Crippen LogP contribution is 2.38. The van der Waals surface area contributed by atoms with Crippen molar-refractivity contribution < 1.29 is 9.47 Å². The van der Waals surface area contributed by atoms with Gasteiger partial charge in [-0.3, -0.25) is 0 Å². The number of aryl methyl sites for hydroxylation is 1. The van der Waals surface area contributed by atoms with Crippen LogP contribution in [0.25, 0.3) is 0 Å². The van der Waals surface area contributed by atoms with Gasteiger partial charge >= 0.3 is 0 Å². The van der Waals surface area contributed by atoms with Crippen molar-refractivity contribution in [1.29, 1.82) is 0 Å². The van der Waals surface area contributed by atoms with Crippen LogP contribution in [0.1, 0.15) is 81.0 Å². The second kappa shape index (κ2) is 14.8. The first kappa shape index (κ1) is 29.6. The number of hydrogen-bond acceptors (Lipinski definition) is 3. The Bertz CT molecular complexity index is 1060. The lowest BCUT2D eigenvalue weighted by molar-refractivity contribution is 0.0744. The van der Waals surface area contributed by atoms with Crippen molar-refractivity contribution in [3.05, 3.63) is 94.0 Å². The molecule has 0 spiro atoms. The fourth-order valence-electron chi connectivity index (χ4n) is 4.45. The van der Waals surface area contributed by atoms with Gasteiger partial charge < -0.3 is 15.2 Å². The predicted molar refractivity (Wildman–Crippen MR) is 154 cm³/mol. The third-order valence-electron chi connectivity index (χ3n) is 6.34. The van der Waals surface area contributed by atoms with Crippen LogP contribution in [-0.2, 0) is 24.1 Å². The molecule has 36 heavy (non-hydrogen) atoms. The van der Waals surface area contributed by atoms with Crippen molar-refractivity contribution in [2.45, 2.75) is 80.9 Å². The van der Waals surface area contributed by atoms with Gasteiger partial charge in [0, 0.05) is 18.7 Å². The van der Waals surface area contributed by atoms with Crippen LogP contribution in [-0.4, -0.2) is 6.61 Å². The van der Waals surface area contributed by atoms with E-state index in [1.807, 2.05) is 37.3 Å². The third-order valence-corrected chi connectivity index (χ3v) is 6.34. The standard InChI is InChI=1S/C26H38O2.C7H9N/c1-9-27-21(8)26-20(7)19(6)13-14-25(26)28-24-12-10-11-22(15-17(2)3)23(24)16-18(4)5;8-6-7-4-2-1-3-5-7/h10-14,17-18,21H,9,15-16H2,1-8H3;1-5H,6,8H2. The zero-order chi connectivity index (χ0) is 26.7. The van der Waals surface area contributed by atoms with E-state index >= 15 is 0 Å². The number of hydrogen-bond donors (Lipinski definition) is 1. The summed E-state index contributed by atoms with van der Waals surface area (Å²) in [5, 5.41) is 0. The first-order valence-electron chi connectivity index (χ1n) is 13.4. The molecular formula is C33H47NO2. The fourth-order valence-corrected chi connectivity index (χ4v) is 4.45. The summed E-state index contributed by atoms with van der Waals surface area (Å²) < 4.78 is 12.5. The minimum absolute atomic E-state index is 0.00676. The first-order valence-corrected chi connectivity index (χ1v) is 13.4. The molecule has 0 amide bonds. The molecule has 0 fully saturated rings. The summed E-state index contributed by atoms with van der Waals surface area (Å²) in [6.07, 6.45) is 2.11. The smallest absolute Gasteiger partial charge is 0.133 e. The number of nitrogens with two attached hydrogens (primary N) is 1. The molecular weight excluding hydrogens is 442 g/mol. The van der Waals surface area contributed by atoms with Crippen LogP contribution in [0.15, 0.2) is 60.7 Å². The Morgan fingerprint density at radius 1 is 0.750 bits per heavy atom. The maximum absolute atomic E-state index is 6.59. The molecule has 196 valence electrons. The molecule has 0 bridgehead atoms. The highest BCUT2D eigenvalue weighted by molar-refractivity contribution is 5.50. The monoisotopic (exact) mass is 489 g/mol. The second-order valence-electron chi connectivity index (χ2n) is 10.4. The van der Waals surface area contributed by atoms with E-state index in [2.05, 4.69) is 78.8 Å². The average molecular weight is 490 g/mol. The van der Waals surface area contributed by atoms with E-state index in [0.29, 0.717) is 25.0 Å². The summed E-state index contributed by atoms with van der Waals surface area (Å²) in [6, 6.07) is 20.7. The molecule has 3 aromatic carbocycles. The van der Waals surface area contributed by atoms with E-state index in [4.69, 9.17) is 15.2 Å². The Morgan fingerprint density at radius 2 is 1.42 bits per heavy atom. The fraction of sp³-hybridized carbons (Fsp3) is 0.455. The van der Waals surface area contributed by atoms with Gasteiger partial charge in [0.2, 0.25) is 0 Å². The summed E-state index contributed by atoms with van der Waals surface area (Å²) in [5.41, 5.74) is 13.0. The van der Waals surface area contributed by atoms with Gasteiger partial charge in [0.15, 0.2) is 0 Å². The van der Waals surface area contributed by atoms with Crippen LogP contribution < -0.4 is 10.5 Å². The topological polar surface area (TPSA) is 44.5 Å². The lowest BCUT2D eigenvalue weighted by Crippen LogP contribution is -2.08. The molecule has 3 heteroatoms. The van der Waals surface area contributed by atoms with E-state index < -0.39 is 0 Å². The maximum Gasteiger partial charge on any atom is 0.133 e. The van der Waals surface area contributed by atoms with E-state index in [9.17, 15) is 0 Å². The van der Waals surface area contributed by atoms with Gasteiger partial charge in [-0.1, -0.05) is 76.2 Å². The van der Waals surface area contributed by atoms with Crippen molar-refractivity contribution in [1.82, 2.24) is 0 Å². The molecule has 3 aromatic rings. The summed E-state index contributed by atoms with van der Waals surface area (Å²) in [5.74, 6) is 3.10. The third kappa shape index (κ3) is 8.80. The van der Waals surface area contributed by atoms with Gasteiger partial charge in [-0.25, -0.2) is 0 Å². The van der Waals surface area contributed by atoms with Gasteiger partial charge in [0.1, 0.15) is 11.5 Å². The molecule has 1 unspecified atom stereocenters. The van der Waals surface area contributed by atoms with Crippen LogP contribution in [0.3, 0.4) is 0 Å². The zero-order valence-electron chi connectivity index (χ0n) is 23.7. The minimum atomic E-state index is 0.00676. The van der Waals surface area contributed by atoms with Gasteiger partial charge in [-0.15, -0.1) is 0 Å². The zero-order valence-corrected chi connectivity index (χ0v) is 23.7. The molecule has 0 aromatic heterocycles. The molecule has 3 nitrogen and oxygen atoms in total. The number of rotatable bonds is 10. The summed E-state index contributed by atoms with van der Waals surface area (Å²) >= 11 is 0. The maximum atomic E-state index is 6.59. The highest BCUT2D eigenvalue weighted by atomic mass is 16.5. The lowest BCUT2D eigenvalue weighted by Gasteiger charge is -2.23. The van der Waals surface area contributed by atoms with E-state index in [-0.39, 0.29) is 6.10 Å². The highest BCUT2D eigenvalue weighted by Gasteiger charge is 2.19. The Kier molecular flexibility index (Phi) is 12.2. The molecule has 1 atom stereocenters. The molecule has 0 aliphatic rings. The molecule has 2 N–H and O–H groups in total. The molecule has 0 heterocycles. The average Bonchev–Trinajstić information content (AvgIpc) is 2.84. The van der Waals surface area contributed by atoms with Gasteiger partial charge in [0.25, 0.3) is 0 Å². The molecule has 0 aliphatic heterocycles. The van der Waals surface area contributed by atoms with Gasteiger partial charge in [-0.05, 0) is 92.3 Å². The van der Waals surface area contributed by atoms with E-state index in [0.717, 1.165) is 29.9 Å². The summed E-state index contributed by atoms with van der Waals surface area (Å²) in [7, 11) is 0. The van der Waals surface area contributed by atoms with Crippen molar-refractivity contribution in [2.24, 2.45) is 17.6 Å². The van der Waals surface area contributed by atoms with E-state index in [1.165, 1.54) is 27.8 Å². The Morgan fingerprint density at radius 3 is 1.97 bits per heavy atom. The van der Waals surface area contributed by atoms with Crippen LogP contribution in [0.5, 0.6) is 11.5 Å². The Hall–Kier alpha value is -2.62. The normalized spacial score (nSPS) is 11.9. The van der Waals surface area contributed by atoms with Crippen molar-refractivity contribution in [3.8, 4) is 11.5 Å². The largest absolute Gasteiger partial charge is 0.457 e. The molecule has 0 aliphatic carbocycles. The van der Waals surface area contributed by atoms with Crippen LogP contribution in [0, 0.1) is 25.7 Å². The molecule has 0 saturated heterocycles. The molecule has 3 rings (SSSR count). The first-order chi connectivity index (χ1) is 17.2. The number of ether oxygens (including phenoxy) is 2. The predicted octanol–water partition coefficient (Wildman–Crippen LogP) is 8.74. The molecule has 0 saturated carbocycles.